The summed E-state index contributed by atoms with van der Waals surface area (Å²) >= 11 is 0. The minimum atomic E-state index is 1.05. The molecule has 10 aromatic rings. The maximum atomic E-state index is 2.42. The monoisotopic (exact) mass is 870 g/mol. The molecule has 1 aliphatic carbocycles. The first-order valence-corrected chi connectivity index (χ1v) is 23.6. The second kappa shape index (κ2) is 19.4. The van der Waals surface area contributed by atoms with Crippen LogP contribution in [0.4, 0.5) is 34.1 Å². The molecule has 11 rings (SSSR count). The van der Waals surface area contributed by atoms with Gasteiger partial charge in [-0.25, -0.2) is 0 Å². The molecule has 0 heterocycles. The first-order chi connectivity index (χ1) is 33.7. The van der Waals surface area contributed by atoms with Crippen LogP contribution in [-0.2, 0) is 0 Å². The Morgan fingerprint density at radius 2 is 0.588 bits per heavy atom. The number of allylic oxidation sites excluding steroid dienone is 4. The second-order valence-corrected chi connectivity index (χ2v) is 17.2. The van der Waals surface area contributed by atoms with Crippen LogP contribution in [0.3, 0.4) is 0 Å². The van der Waals surface area contributed by atoms with Crippen molar-refractivity contribution in [2.75, 3.05) is 9.80 Å². The van der Waals surface area contributed by atoms with Gasteiger partial charge in [-0.15, -0.1) is 0 Å². The Balaban J connectivity index is 1.07. The highest BCUT2D eigenvalue weighted by Gasteiger charge is 2.22. The highest BCUT2D eigenvalue weighted by Crippen LogP contribution is 2.47. The van der Waals surface area contributed by atoms with Crippen LogP contribution in [-0.4, -0.2) is 0 Å². The first-order valence-electron chi connectivity index (χ1n) is 23.6. The maximum Gasteiger partial charge on any atom is 0.0474 e. The largest absolute Gasteiger partial charge is 0.311 e. The van der Waals surface area contributed by atoms with Crippen molar-refractivity contribution in [3.05, 3.63) is 285 Å². The highest BCUT2D eigenvalue weighted by molar-refractivity contribution is 5.99. The van der Waals surface area contributed by atoms with E-state index in [1.165, 1.54) is 39.0 Å². The van der Waals surface area contributed by atoms with Crippen LogP contribution in [0.25, 0.3) is 61.2 Å². The van der Waals surface area contributed by atoms with Crippen LogP contribution in [0.15, 0.2) is 279 Å². The normalized spacial score (nSPS) is 12.0. The second-order valence-electron chi connectivity index (χ2n) is 17.2. The van der Waals surface area contributed by atoms with Gasteiger partial charge < -0.3 is 9.80 Å². The molecule has 324 valence electrons. The Kier molecular flexibility index (Phi) is 12.0. The molecule has 68 heavy (non-hydrogen) atoms. The van der Waals surface area contributed by atoms with Gasteiger partial charge in [-0.05, 0) is 152 Å². The van der Waals surface area contributed by atoms with E-state index < -0.39 is 0 Å². The smallest absolute Gasteiger partial charge is 0.0474 e. The molecule has 0 unspecified atom stereocenters. The Hall–Kier alpha value is -8.72. The predicted molar refractivity (Wildman–Crippen MR) is 289 cm³/mol. The minimum absolute atomic E-state index is 1.05. The molecule has 0 atom stereocenters. The molecule has 0 bridgehead atoms. The summed E-state index contributed by atoms with van der Waals surface area (Å²) in [6.07, 6.45) is 8.81. The zero-order valence-corrected chi connectivity index (χ0v) is 37.9. The summed E-state index contributed by atoms with van der Waals surface area (Å²) in [6.45, 7) is 0. The van der Waals surface area contributed by atoms with E-state index in [-0.39, 0.29) is 0 Å². The lowest BCUT2D eigenvalue weighted by Gasteiger charge is -2.29. The van der Waals surface area contributed by atoms with Crippen molar-refractivity contribution in [2.45, 2.75) is 12.8 Å². The van der Waals surface area contributed by atoms with E-state index >= 15 is 0 Å². The van der Waals surface area contributed by atoms with E-state index in [1.54, 1.807) is 0 Å². The topological polar surface area (TPSA) is 6.48 Å². The van der Waals surface area contributed by atoms with Crippen molar-refractivity contribution >= 4 is 39.7 Å². The molecule has 10 aromatic carbocycles. The van der Waals surface area contributed by atoms with Crippen LogP contribution in [0.5, 0.6) is 0 Å². The number of para-hydroxylation sites is 1. The van der Waals surface area contributed by atoms with Gasteiger partial charge in [-0.2, -0.15) is 0 Å². The first kappa shape index (κ1) is 41.9. The molecule has 2 heteroatoms. The molecule has 0 fully saturated rings. The summed E-state index contributed by atoms with van der Waals surface area (Å²) in [6, 6.07) is 94.5. The van der Waals surface area contributed by atoms with Crippen LogP contribution in [0.2, 0.25) is 0 Å². The highest BCUT2D eigenvalue weighted by atomic mass is 15.1. The number of anilines is 6. The summed E-state index contributed by atoms with van der Waals surface area (Å²) < 4.78 is 0. The Morgan fingerprint density at radius 3 is 0.985 bits per heavy atom. The molecule has 0 radical (unpaired) electrons. The standard InChI is InChI=1S/C66H50N2/c1-7-19-49(20-8-1)52-31-39-59(40-32-52)67(58-29-17-6-18-30-58)60-45-37-57(38-46-60)66-64(55-25-13-4-14-26-55)47-63(48-65(66)56-27-15-5-16-28-56)68(61-41-33-53(34-42-61)50-21-9-2-10-22-50)62-43-35-54(36-44-62)51-23-11-3-12-24-51/h1-11,13-23,25-48H,12,24H2. The fourth-order valence-corrected chi connectivity index (χ4v) is 9.54. The molecular weight excluding hydrogens is 821 g/mol. The van der Waals surface area contributed by atoms with Crippen molar-refractivity contribution in [1.82, 2.24) is 0 Å². The quantitative estimate of drug-likeness (QED) is 0.121. The zero-order chi connectivity index (χ0) is 45.5. The molecule has 0 aliphatic heterocycles. The summed E-state index contributed by atoms with van der Waals surface area (Å²) in [7, 11) is 0. The number of rotatable bonds is 12. The molecule has 1 aliphatic rings. The average Bonchev–Trinajstić information content (AvgIpc) is 3.43. The van der Waals surface area contributed by atoms with E-state index in [0.717, 1.165) is 74.8 Å². The minimum Gasteiger partial charge on any atom is -0.311 e. The van der Waals surface area contributed by atoms with E-state index in [0.29, 0.717) is 0 Å². The van der Waals surface area contributed by atoms with E-state index in [1.807, 2.05) is 0 Å². The third kappa shape index (κ3) is 8.84. The number of hydrogen-bond acceptors (Lipinski definition) is 2. The molecule has 0 N–H and O–H groups in total. The Morgan fingerprint density at radius 1 is 0.265 bits per heavy atom. The van der Waals surface area contributed by atoms with Crippen LogP contribution < -0.4 is 9.80 Å². The fourth-order valence-electron chi connectivity index (χ4n) is 9.54. The Bertz CT molecular complexity index is 3250. The average molecular weight is 871 g/mol. The molecular formula is C66H50N2. The number of benzene rings is 10. The molecule has 0 amide bonds. The van der Waals surface area contributed by atoms with E-state index in [2.05, 4.69) is 289 Å². The number of hydrogen-bond donors (Lipinski definition) is 0. The lowest BCUT2D eigenvalue weighted by molar-refractivity contribution is 1.05. The summed E-state index contributed by atoms with van der Waals surface area (Å²) in [5.41, 5.74) is 20.9. The van der Waals surface area contributed by atoms with Crippen LogP contribution >= 0.6 is 0 Å². The summed E-state index contributed by atoms with van der Waals surface area (Å²) in [5, 5.41) is 0. The van der Waals surface area contributed by atoms with Gasteiger partial charge in [-0.3, -0.25) is 0 Å². The van der Waals surface area contributed by atoms with Crippen LogP contribution in [0.1, 0.15) is 18.4 Å². The molecule has 0 saturated heterocycles. The van der Waals surface area contributed by atoms with Gasteiger partial charge in [0.15, 0.2) is 0 Å². The van der Waals surface area contributed by atoms with Gasteiger partial charge in [0.1, 0.15) is 0 Å². The molecule has 0 spiro atoms. The van der Waals surface area contributed by atoms with E-state index in [4.69, 9.17) is 0 Å². The third-order valence-corrected chi connectivity index (χ3v) is 13.0. The molecule has 0 saturated carbocycles. The Labute approximate surface area is 400 Å². The van der Waals surface area contributed by atoms with Gasteiger partial charge in [-0.1, -0.05) is 206 Å². The lowest BCUT2D eigenvalue weighted by atomic mass is 9.86. The van der Waals surface area contributed by atoms with Crippen molar-refractivity contribution in [2.24, 2.45) is 0 Å². The van der Waals surface area contributed by atoms with Crippen molar-refractivity contribution in [3.8, 4) is 55.6 Å². The molecule has 0 aromatic heterocycles. The lowest BCUT2D eigenvalue weighted by Crippen LogP contribution is -2.11. The summed E-state index contributed by atoms with van der Waals surface area (Å²) in [5.74, 6) is 0. The van der Waals surface area contributed by atoms with Gasteiger partial charge in [0.2, 0.25) is 0 Å². The van der Waals surface area contributed by atoms with Crippen molar-refractivity contribution in [3.63, 3.8) is 0 Å². The van der Waals surface area contributed by atoms with Crippen molar-refractivity contribution in [1.29, 1.82) is 0 Å². The van der Waals surface area contributed by atoms with E-state index in [9.17, 15) is 0 Å². The van der Waals surface area contributed by atoms with Gasteiger partial charge in [0.05, 0.1) is 0 Å². The maximum absolute atomic E-state index is 2.42. The fraction of sp³-hybridized carbons (Fsp3) is 0.0303. The number of nitrogens with zero attached hydrogens (tertiary/aromatic N) is 2. The van der Waals surface area contributed by atoms with Crippen LogP contribution in [0, 0.1) is 0 Å². The molecule has 2 nitrogen and oxygen atoms in total. The SMILES string of the molecule is C1=CCCC(c2ccc(N(c3ccc(-c4ccccc4)cc3)c3cc(-c4ccccc4)c(-c4ccc(N(c5ccccc5)c5ccc(-c6ccccc6)cc5)cc4)c(-c4ccccc4)c3)cc2)=C1. The van der Waals surface area contributed by atoms with Gasteiger partial charge in [0.25, 0.3) is 0 Å². The third-order valence-electron chi connectivity index (χ3n) is 13.0. The van der Waals surface area contributed by atoms with Gasteiger partial charge in [0, 0.05) is 34.1 Å². The zero-order valence-electron chi connectivity index (χ0n) is 37.9. The van der Waals surface area contributed by atoms with Gasteiger partial charge >= 0.3 is 0 Å². The predicted octanol–water partition coefficient (Wildman–Crippen LogP) is 18.7. The summed E-state index contributed by atoms with van der Waals surface area (Å²) in [4.78, 5) is 4.76. The van der Waals surface area contributed by atoms with Crippen molar-refractivity contribution < 1.29 is 0 Å².